The quantitative estimate of drug-likeness (QED) is 0.579. The third kappa shape index (κ3) is 10.4. The van der Waals surface area contributed by atoms with Crippen LogP contribution >= 0.6 is 0 Å². The number of hydrogen-bond donors (Lipinski definition) is 1. The van der Waals surface area contributed by atoms with Crippen LogP contribution in [0.5, 0.6) is 0 Å². The van der Waals surface area contributed by atoms with Crippen molar-refractivity contribution in [1.82, 2.24) is 5.32 Å². The minimum absolute atomic E-state index is 0.614. The molecule has 0 heterocycles. The predicted octanol–water partition coefficient (Wildman–Crippen LogP) is 3.46. The molecule has 16 heavy (non-hydrogen) atoms. The van der Waals surface area contributed by atoms with E-state index in [1.54, 1.807) is 0 Å². The summed E-state index contributed by atoms with van der Waals surface area (Å²) >= 11 is 0. The first-order chi connectivity index (χ1) is 7.56. The molecule has 0 bridgehead atoms. The molecule has 0 aliphatic rings. The van der Waals surface area contributed by atoms with Crippen molar-refractivity contribution in [3.8, 4) is 0 Å². The smallest absolute Gasteiger partial charge is 0.0591 e. The highest BCUT2D eigenvalue weighted by molar-refractivity contribution is 4.63. The lowest BCUT2D eigenvalue weighted by Crippen LogP contribution is -2.31. The molecule has 2 atom stereocenters. The van der Waals surface area contributed by atoms with Crippen LogP contribution in [-0.2, 0) is 4.74 Å². The molecule has 98 valence electrons. The molecule has 0 fully saturated rings. The lowest BCUT2D eigenvalue weighted by atomic mass is 10.0. The Balaban J connectivity index is 3.24. The van der Waals surface area contributed by atoms with Gasteiger partial charge in [0.1, 0.15) is 0 Å². The van der Waals surface area contributed by atoms with Gasteiger partial charge in [-0.15, -0.1) is 0 Å². The fourth-order valence-electron chi connectivity index (χ4n) is 1.65. The van der Waals surface area contributed by atoms with E-state index in [0.717, 1.165) is 31.6 Å². The third-order valence-corrected chi connectivity index (χ3v) is 3.03. The highest BCUT2D eigenvalue weighted by Crippen LogP contribution is 2.08. The molecule has 2 unspecified atom stereocenters. The van der Waals surface area contributed by atoms with Crippen LogP contribution in [0.3, 0.4) is 0 Å². The molecule has 0 saturated heterocycles. The number of nitrogens with one attached hydrogen (secondary N) is 1. The SMILES string of the molecule is CCC(C)CC(C)NCCOCCC(C)C. The molecule has 0 amide bonds. The van der Waals surface area contributed by atoms with E-state index < -0.39 is 0 Å². The van der Waals surface area contributed by atoms with Crippen LogP contribution in [0.1, 0.15) is 53.9 Å². The molecule has 0 aliphatic heterocycles. The summed E-state index contributed by atoms with van der Waals surface area (Å²) in [6, 6.07) is 0.614. The Morgan fingerprint density at radius 3 is 2.31 bits per heavy atom. The van der Waals surface area contributed by atoms with Crippen LogP contribution in [-0.4, -0.2) is 25.8 Å². The topological polar surface area (TPSA) is 21.3 Å². The summed E-state index contributed by atoms with van der Waals surface area (Å²) < 4.78 is 5.56. The van der Waals surface area contributed by atoms with Gasteiger partial charge in [-0.1, -0.05) is 34.1 Å². The molecule has 0 aromatic heterocycles. The van der Waals surface area contributed by atoms with Crippen molar-refractivity contribution in [2.75, 3.05) is 19.8 Å². The van der Waals surface area contributed by atoms with E-state index in [1.165, 1.54) is 19.3 Å². The molecule has 2 nitrogen and oxygen atoms in total. The van der Waals surface area contributed by atoms with E-state index in [-0.39, 0.29) is 0 Å². The van der Waals surface area contributed by atoms with E-state index in [1.807, 2.05) is 0 Å². The van der Waals surface area contributed by atoms with Crippen molar-refractivity contribution >= 4 is 0 Å². The van der Waals surface area contributed by atoms with Gasteiger partial charge < -0.3 is 10.1 Å². The fourth-order valence-corrected chi connectivity index (χ4v) is 1.65. The Bertz CT molecular complexity index is 148. The van der Waals surface area contributed by atoms with Crippen LogP contribution in [0.4, 0.5) is 0 Å². The minimum atomic E-state index is 0.614. The van der Waals surface area contributed by atoms with Gasteiger partial charge in [-0.2, -0.15) is 0 Å². The van der Waals surface area contributed by atoms with Crippen LogP contribution in [0.15, 0.2) is 0 Å². The molecule has 2 heteroatoms. The molecule has 0 aromatic rings. The average molecular weight is 229 g/mol. The molecule has 0 aromatic carbocycles. The molecular formula is C14H31NO. The second-order valence-corrected chi connectivity index (χ2v) is 5.40. The lowest BCUT2D eigenvalue weighted by Gasteiger charge is -2.17. The Hall–Kier alpha value is -0.0800. The van der Waals surface area contributed by atoms with E-state index in [0.29, 0.717) is 6.04 Å². The highest BCUT2D eigenvalue weighted by atomic mass is 16.5. The van der Waals surface area contributed by atoms with Crippen molar-refractivity contribution in [3.05, 3.63) is 0 Å². The second-order valence-electron chi connectivity index (χ2n) is 5.40. The summed E-state index contributed by atoms with van der Waals surface area (Å²) in [5.74, 6) is 1.57. The van der Waals surface area contributed by atoms with Gasteiger partial charge in [-0.05, 0) is 31.6 Å². The largest absolute Gasteiger partial charge is 0.380 e. The Labute approximate surface area is 102 Å². The molecule has 1 N–H and O–H groups in total. The average Bonchev–Trinajstić information content (AvgIpc) is 2.22. The molecule has 0 rings (SSSR count). The predicted molar refractivity (Wildman–Crippen MR) is 71.8 cm³/mol. The first kappa shape index (κ1) is 15.9. The summed E-state index contributed by atoms with van der Waals surface area (Å²) in [7, 11) is 0. The number of rotatable bonds is 10. The normalized spacial score (nSPS) is 15.4. The zero-order valence-electron chi connectivity index (χ0n) is 11.9. The molecule has 0 aliphatic carbocycles. The van der Waals surface area contributed by atoms with Crippen molar-refractivity contribution in [2.45, 2.75) is 59.9 Å². The van der Waals surface area contributed by atoms with Gasteiger partial charge in [0.25, 0.3) is 0 Å². The van der Waals surface area contributed by atoms with E-state index in [2.05, 4.69) is 39.9 Å². The maximum Gasteiger partial charge on any atom is 0.0591 e. The van der Waals surface area contributed by atoms with Crippen LogP contribution in [0.25, 0.3) is 0 Å². The zero-order chi connectivity index (χ0) is 12.4. The van der Waals surface area contributed by atoms with Crippen molar-refractivity contribution in [2.24, 2.45) is 11.8 Å². The Kier molecular flexibility index (Phi) is 10.0. The van der Waals surface area contributed by atoms with Crippen LogP contribution < -0.4 is 5.32 Å². The first-order valence-corrected chi connectivity index (χ1v) is 6.87. The first-order valence-electron chi connectivity index (χ1n) is 6.87. The summed E-state index contributed by atoms with van der Waals surface area (Å²) in [5.41, 5.74) is 0. The van der Waals surface area contributed by atoms with Gasteiger partial charge in [-0.25, -0.2) is 0 Å². The third-order valence-electron chi connectivity index (χ3n) is 3.03. The summed E-state index contributed by atoms with van der Waals surface area (Å²) in [5, 5.41) is 3.51. The van der Waals surface area contributed by atoms with Gasteiger partial charge in [0, 0.05) is 19.2 Å². The minimum Gasteiger partial charge on any atom is -0.380 e. The van der Waals surface area contributed by atoms with Crippen molar-refractivity contribution < 1.29 is 4.74 Å². The molecule has 0 radical (unpaired) electrons. The van der Waals surface area contributed by atoms with E-state index in [9.17, 15) is 0 Å². The van der Waals surface area contributed by atoms with E-state index in [4.69, 9.17) is 4.74 Å². The standard InChI is InChI=1S/C14H31NO/c1-6-13(4)11-14(5)15-8-10-16-9-7-12(2)3/h12-15H,6-11H2,1-5H3. The Morgan fingerprint density at radius 1 is 1.06 bits per heavy atom. The molecule has 0 saturated carbocycles. The summed E-state index contributed by atoms with van der Waals surface area (Å²) in [6.45, 7) is 14.0. The maximum atomic E-state index is 5.56. The van der Waals surface area contributed by atoms with Gasteiger partial charge in [0.2, 0.25) is 0 Å². The Morgan fingerprint density at radius 2 is 1.75 bits per heavy atom. The summed E-state index contributed by atoms with van der Waals surface area (Å²) in [6.07, 6.45) is 3.71. The monoisotopic (exact) mass is 229 g/mol. The van der Waals surface area contributed by atoms with Crippen molar-refractivity contribution in [3.63, 3.8) is 0 Å². The molecular weight excluding hydrogens is 198 g/mol. The number of ether oxygens (including phenoxy) is 1. The van der Waals surface area contributed by atoms with Gasteiger partial charge in [-0.3, -0.25) is 0 Å². The van der Waals surface area contributed by atoms with Gasteiger partial charge >= 0.3 is 0 Å². The van der Waals surface area contributed by atoms with Gasteiger partial charge in [0.05, 0.1) is 6.61 Å². The lowest BCUT2D eigenvalue weighted by molar-refractivity contribution is 0.123. The van der Waals surface area contributed by atoms with Crippen LogP contribution in [0, 0.1) is 11.8 Å². The van der Waals surface area contributed by atoms with Crippen molar-refractivity contribution in [1.29, 1.82) is 0 Å². The maximum absolute atomic E-state index is 5.56. The number of hydrogen-bond acceptors (Lipinski definition) is 2. The van der Waals surface area contributed by atoms with Crippen LogP contribution in [0.2, 0.25) is 0 Å². The summed E-state index contributed by atoms with van der Waals surface area (Å²) in [4.78, 5) is 0. The highest BCUT2D eigenvalue weighted by Gasteiger charge is 2.05. The zero-order valence-corrected chi connectivity index (χ0v) is 11.9. The second kappa shape index (κ2) is 10.1. The van der Waals surface area contributed by atoms with E-state index >= 15 is 0 Å². The molecule has 0 spiro atoms. The van der Waals surface area contributed by atoms with Gasteiger partial charge in [0.15, 0.2) is 0 Å². The fraction of sp³-hybridized carbons (Fsp3) is 1.00.